The van der Waals surface area contributed by atoms with E-state index in [0.29, 0.717) is 5.69 Å². The second-order valence-corrected chi connectivity index (χ2v) is 7.66. The number of aliphatic carboxylic acids is 1. The lowest BCUT2D eigenvalue weighted by molar-refractivity contribution is -0.172. The van der Waals surface area contributed by atoms with E-state index >= 15 is 0 Å². The number of hydrogen-bond donors (Lipinski definition) is 1. The summed E-state index contributed by atoms with van der Waals surface area (Å²) in [5.74, 6) is -2.54. The van der Waals surface area contributed by atoms with Crippen molar-refractivity contribution in [3.8, 4) is 0 Å². The molecule has 2 rings (SSSR count). The molecule has 0 radical (unpaired) electrons. The minimum atomic E-state index is -2.09. The summed E-state index contributed by atoms with van der Waals surface area (Å²) < 4.78 is 6.85. The molecule has 1 unspecified atom stereocenters. The van der Waals surface area contributed by atoms with Crippen molar-refractivity contribution in [2.75, 3.05) is 0 Å². The number of ketones is 1. The molecule has 0 aliphatic carbocycles. The topological polar surface area (TPSA) is 85.6 Å². The Bertz CT molecular complexity index is 915. The van der Waals surface area contributed by atoms with E-state index < -0.39 is 23.3 Å². The van der Waals surface area contributed by atoms with Crippen molar-refractivity contribution < 1.29 is 24.2 Å². The highest BCUT2D eigenvalue weighted by Gasteiger charge is 2.42. The zero-order chi connectivity index (χ0) is 21.1. The summed E-state index contributed by atoms with van der Waals surface area (Å²) in [4.78, 5) is 36.3. The standard InChI is InChI=1S/C22H25NO5/c1-15(24)28-22(20(26)27,13-12-19(25)18-7-6-14-23(18)5)17-10-8-16(9-11-17)21(2,3)4/h6-14H,1-5H3,(H,26,27)/b13-12+. The van der Waals surface area contributed by atoms with Crippen molar-refractivity contribution in [1.29, 1.82) is 0 Å². The van der Waals surface area contributed by atoms with Gasteiger partial charge in [0.2, 0.25) is 5.78 Å². The summed E-state index contributed by atoms with van der Waals surface area (Å²) in [6, 6.07) is 10.1. The molecule has 0 fully saturated rings. The first-order chi connectivity index (χ1) is 13.0. The van der Waals surface area contributed by atoms with Crippen molar-refractivity contribution in [3.63, 3.8) is 0 Å². The van der Waals surface area contributed by atoms with Crippen LogP contribution in [0.15, 0.2) is 54.7 Å². The molecule has 0 aliphatic rings. The van der Waals surface area contributed by atoms with Crippen LogP contribution in [0.3, 0.4) is 0 Å². The number of carbonyl (C=O) groups excluding carboxylic acids is 2. The van der Waals surface area contributed by atoms with Crippen molar-refractivity contribution in [1.82, 2.24) is 4.57 Å². The van der Waals surface area contributed by atoms with Crippen LogP contribution in [-0.4, -0.2) is 27.4 Å². The molecule has 6 heteroatoms. The zero-order valence-corrected chi connectivity index (χ0v) is 16.7. The zero-order valence-electron chi connectivity index (χ0n) is 16.7. The first-order valence-electron chi connectivity index (χ1n) is 8.86. The largest absolute Gasteiger partial charge is 0.478 e. The molecule has 0 amide bonds. The average Bonchev–Trinajstić information content (AvgIpc) is 3.03. The van der Waals surface area contributed by atoms with Crippen molar-refractivity contribution >= 4 is 17.7 Å². The molecule has 0 bridgehead atoms. The first kappa shape index (κ1) is 21.2. The third-order valence-corrected chi connectivity index (χ3v) is 4.47. The second-order valence-electron chi connectivity index (χ2n) is 7.66. The average molecular weight is 383 g/mol. The molecule has 0 spiro atoms. The Kier molecular flexibility index (Phi) is 5.92. The second kappa shape index (κ2) is 7.84. The molecule has 6 nitrogen and oxygen atoms in total. The van der Waals surface area contributed by atoms with E-state index in [-0.39, 0.29) is 11.0 Å². The van der Waals surface area contributed by atoms with E-state index in [0.717, 1.165) is 24.6 Å². The third-order valence-electron chi connectivity index (χ3n) is 4.47. The summed E-state index contributed by atoms with van der Waals surface area (Å²) in [6.07, 6.45) is 3.96. The molecule has 0 aliphatic heterocycles. The van der Waals surface area contributed by atoms with Crippen LogP contribution in [0.2, 0.25) is 0 Å². The van der Waals surface area contributed by atoms with Gasteiger partial charge in [-0.15, -0.1) is 0 Å². The van der Waals surface area contributed by atoms with Crippen LogP contribution in [-0.2, 0) is 32.4 Å². The van der Waals surface area contributed by atoms with Gasteiger partial charge in [-0.1, -0.05) is 45.0 Å². The normalized spacial score (nSPS) is 13.9. The lowest BCUT2D eigenvalue weighted by Crippen LogP contribution is -2.38. The maximum atomic E-state index is 12.5. The maximum Gasteiger partial charge on any atom is 0.357 e. The minimum absolute atomic E-state index is 0.121. The van der Waals surface area contributed by atoms with Gasteiger partial charge in [0.25, 0.3) is 5.60 Å². The number of carboxylic acids is 1. The highest BCUT2D eigenvalue weighted by Crippen LogP contribution is 2.31. The molecule has 28 heavy (non-hydrogen) atoms. The molecule has 0 saturated heterocycles. The number of ether oxygens (including phenoxy) is 1. The molecule has 1 aromatic carbocycles. The molecule has 1 atom stereocenters. The maximum absolute atomic E-state index is 12.5. The van der Waals surface area contributed by atoms with E-state index in [1.807, 2.05) is 20.8 Å². The lowest BCUT2D eigenvalue weighted by Gasteiger charge is -2.27. The summed E-state index contributed by atoms with van der Waals surface area (Å²) >= 11 is 0. The number of hydrogen-bond acceptors (Lipinski definition) is 4. The fourth-order valence-corrected chi connectivity index (χ4v) is 2.87. The smallest absolute Gasteiger partial charge is 0.357 e. The van der Waals surface area contributed by atoms with Crippen LogP contribution in [0, 0.1) is 0 Å². The fourth-order valence-electron chi connectivity index (χ4n) is 2.87. The van der Waals surface area contributed by atoms with Crippen molar-refractivity contribution in [3.05, 3.63) is 71.6 Å². The van der Waals surface area contributed by atoms with Gasteiger partial charge in [-0.25, -0.2) is 4.79 Å². The number of carboxylic acid groups (broad SMARTS) is 1. The molecule has 2 aromatic rings. The van der Waals surface area contributed by atoms with E-state index in [2.05, 4.69) is 0 Å². The molecule has 1 N–H and O–H groups in total. The Balaban J connectivity index is 2.52. The number of esters is 1. The SMILES string of the molecule is CC(=O)OC(/C=C/C(=O)c1cccn1C)(C(=O)O)c1ccc(C(C)(C)C)cc1. The minimum Gasteiger partial charge on any atom is -0.478 e. The van der Waals surface area contributed by atoms with Crippen LogP contribution in [0.4, 0.5) is 0 Å². The molecular weight excluding hydrogens is 358 g/mol. The number of carbonyl (C=O) groups is 3. The van der Waals surface area contributed by atoms with E-state index in [4.69, 9.17) is 4.74 Å². The summed E-state index contributed by atoms with van der Waals surface area (Å²) in [5, 5.41) is 9.91. The van der Waals surface area contributed by atoms with Gasteiger partial charge in [0.15, 0.2) is 0 Å². The Morgan fingerprint density at radius 3 is 2.04 bits per heavy atom. The Labute approximate surface area is 164 Å². The van der Waals surface area contributed by atoms with Gasteiger partial charge in [0, 0.05) is 25.7 Å². The fraction of sp³-hybridized carbons (Fsp3) is 0.318. The highest BCUT2D eigenvalue weighted by molar-refractivity contribution is 6.04. The Morgan fingerprint density at radius 1 is 1.04 bits per heavy atom. The van der Waals surface area contributed by atoms with Gasteiger partial charge in [0.05, 0.1) is 5.69 Å². The van der Waals surface area contributed by atoms with Gasteiger partial charge in [-0.3, -0.25) is 9.59 Å². The Morgan fingerprint density at radius 2 is 1.61 bits per heavy atom. The lowest BCUT2D eigenvalue weighted by atomic mass is 9.84. The van der Waals surface area contributed by atoms with E-state index in [1.165, 1.54) is 0 Å². The number of allylic oxidation sites excluding steroid dienone is 1. The van der Waals surface area contributed by atoms with Gasteiger partial charge in [0.1, 0.15) is 0 Å². The Hall–Kier alpha value is -3.15. The number of benzene rings is 1. The van der Waals surface area contributed by atoms with Crippen LogP contribution >= 0.6 is 0 Å². The van der Waals surface area contributed by atoms with Crippen LogP contribution in [0.25, 0.3) is 0 Å². The monoisotopic (exact) mass is 383 g/mol. The number of nitrogens with zero attached hydrogens (tertiary/aromatic N) is 1. The highest BCUT2D eigenvalue weighted by atomic mass is 16.6. The van der Waals surface area contributed by atoms with E-state index in [9.17, 15) is 19.5 Å². The predicted molar refractivity (Wildman–Crippen MR) is 105 cm³/mol. The van der Waals surface area contributed by atoms with Crippen molar-refractivity contribution in [2.45, 2.75) is 38.7 Å². The van der Waals surface area contributed by atoms with Crippen LogP contribution in [0.1, 0.15) is 49.3 Å². The molecule has 0 saturated carbocycles. The summed E-state index contributed by atoms with van der Waals surface area (Å²) in [5.41, 5.74) is -0.574. The summed E-state index contributed by atoms with van der Waals surface area (Å²) in [6.45, 7) is 7.25. The summed E-state index contributed by atoms with van der Waals surface area (Å²) in [7, 11) is 1.71. The van der Waals surface area contributed by atoms with Crippen LogP contribution in [0.5, 0.6) is 0 Å². The van der Waals surface area contributed by atoms with Gasteiger partial charge < -0.3 is 14.4 Å². The quantitative estimate of drug-likeness (QED) is 0.468. The first-order valence-corrected chi connectivity index (χ1v) is 8.86. The predicted octanol–water partition coefficient (Wildman–Crippen LogP) is 3.60. The molecule has 1 heterocycles. The number of aryl methyl sites for hydroxylation is 1. The molecular formula is C22H25NO5. The van der Waals surface area contributed by atoms with Crippen molar-refractivity contribution in [2.24, 2.45) is 7.05 Å². The van der Waals surface area contributed by atoms with Crippen LogP contribution < -0.4 is 0 Å². The third kappa shape index (κ3) is 4.39. The van der Waals surface area contributed by atoms with Gasteiger partial charge in [-0.05, 0) is 35.3 Å². The van der Waals surface area contributed by atoms with Gasteiger partial charge >= 0.3 is 11.9 Å². The van der Waals surface area contributed by atoms with E-state index in [1.54, 1.807) is 54.2 Å². The van der Waals surface area contributed by atoms with Gasteiger partial charge in [-0.2, -0.15) is 0 Å². The number of rotatable bonds is 6. The molecule has 148 valence electrons. The molecule has 1 aromatic heterocycles. The number of aromatic nitrogens is 1.